The molecule has 0 aliphatic carbocycles. The highest BCUT2D eigenvalue weighted by molar-refractivity contribution is 6.28. The Morgan fingerprint density at radius 3 is 2.43 bits per heavy atom. The van der Waals surface area contributed by atoms with Crippen molar-refractivity contribution in [1.82, 2.24) is 20.4 Å². The van der Waals surface area contributed by atoms with Gasteiger partial charge in [-0.1, -0.05) is 6.92 Å². The van der Waals surface area contributed by atoms with E-state index in [2.05, 4.69) is 25.7 Å². The monoisotopic (exact) mass is 314 g/mol. The van der Waals surface area contributed by atoms with E-state index in [4.69, 9.17) is 11.6 Å². The lowest BCUT2D eigenvalue weighted by molar-refractivity contribution is -0.119. The normalized spacial score (nSPS) is 12.7. The fraction of sp³-hybridized carbons (Fsp3) is 0.692. The second-order valence-corrected chi connectivity index (χ2v) is 6.24. The molecule has 0 aliphatic heterocycles. The zero-order chi connectivity index (χ0) is 16.2. The molecular formula is C13H23ClN6O. The van der Waals surface area contributed by atoms with Gasteiger partial charge in [0.15, 0.2) is 0 Å². The minimum absolute atomic E-state index is 0.0230. The van der Waals surface area contributed by atoms with Crippen molar-refractivity contribution >= 4 is 29.4 Å². The third-order valence-corrected chi connectivity index (χ3v) is 2.78. The summed E-state index contributed by atoms with van der Waals surface area (Å²) in [6.45, 7) is 11.4. The zero-order valence-electron chi connectivity index (χ0n) is 13.4. The number of anilines is 2. The highest BCUT2D eigenvalue weighted by atomic mass is 35.5. The number of rotatable bonds is 5. The molecule has 0 radical (unpaired) electrons. The number of hydrazine groups is 1. The summed E-state index contributed by atoms with van der Waals surface area (Å²) < 4.78 is 0. The van der Waals surface area contributed by atoms with Crippen LogP contribution in [0.25, 0.3) is 0 Å². The largest absolute Gasteiger partial charge is 0.349 e. The summed E-state index contributed by atoms with van der Waals surface area (Å²) in [5.41, 5.74) is 2.51. The molecule has 1 amide bonds. The van der Waals surface area contributed by atoms with Crippen molar-refractivity contribution in [3.8, 4) is 0 Å². The van der Waals surface area contributed by atoms with E-state index in [0.29, 0.717) is 11.9 Å². The minimum Gasteiger partial charge on any atom is -0.349 e. The smallest absolute Gasteiger partial charge is 0.250 e. The molecule has 1 rings (SSSR count). The number of amides is 1. The molecule has 2 N–H and O–H groups in total. The lowest BCUT2D eigenvalue weighted by Gasteiger charge is -2.29. The third kappa shape index (κ3) is 5.71. The Morgan fingerprint density at radius 1 is 1.33 bits per heavy atom. The second kappa shape index (κ2) is 6.89. The number of nitrogens with zero attached hydrogens (tertiary/aromatic N) is 4. The first-order chi connectivity index (χ1) is 9.62. The van der Waals surface area contributed by atoms with Crippen molar-refractivity contribution in [2.75, 3.05) is 10.3 Å². The Hall–Kier alpha value is -1.63. The molecule has 0 fully saturated rings. The van der Waals surface area contributed by atoms with Crippen LogP contribution in [-0.2, 0) is 4.79 Å². The molecule has 0 bridgehead atoms. The van der Waals surface area contributed by atoms with Gasteiger partial charge < -0.3 is 5.32 Å². The zero-order valence-corrected chi connectivity index (χ0v) is 14.1. The molecule has 7 nitrogen and oxygen atoms in total. The highest BCUT2D eigenvalue weighted by Gasteiger charge is 2.20. The molecule has 1 heterocycles. The van der Waals surface area contributed by atoms with Crippen LogP contribution in [0.2, 0.25) is 5.28 Å². The van der Waals surface area contributed by atoms with E-state index in [1.807, 2.05) is 34.6 Å². The molecule has 0 saturated carbocycles. The summed E-state index contributed by atoms with van der Waals surface area (Å²) in [6, 6.07) is 0.0230. The van der Waals surface area contributed by atoms with Gasteiger partial charge >= 0.3 is 0 Å². The molecule has 0 spiro atoms. The number of nitrogens with one attached hydrogen (secondary N) is 2. The summed E-state index contributed by atoms with van der Waals surface area (Å²) in [5.74, 6) is 0.486. The maximum Gasteiger partial charge on any atom is 0.250 e. The van der Waals surface area contributed by atoms with Crippen LogP contribution in [0, 0.1) is 0 Å². The Balaban J connectivity index is 3.15. The molecule has 0 unspecified atom stereocenters. The molecule has 8 heteroatoms. The Morgan fingerprint density at radius 2 is 1.95 bits per heavy atom. The van der Waals surface area contributed by atoms with Crippen LogP contribution >= 0.6 is 11.6 Å². The maximum atomic E-state index is 11.4. The average Bonchev–Trinajstić information content (AvgIpc) is 2.31. The van der Waals surface area contributed by atoms with E-state index in [-0.39, 0.29) is 22.8 Å². The molecule has 0 aromatic carbocycles. The Labute approximate surface area is 130 Å². The molecule has 118 valence electrons. The van der Waals surface area contributed by atoms with Gasteiger partial charge in [-0.15, -0.1) is 0 Å². The average molecular weight is 315 g/mol. The standard InChI is InChI=1S/C13H23ClN6O/c1-7-8(2)20(19-9(3)21)12-16-10(14)15-11(17-12)18-13(4,5)6/h8H,7H2,1-6H3,(H,19,21)(H,15,16,17,18)/t8-/m1/s1. The first-order valence-corrected chi connectivity index (χ1v) is 7.26. The predicted octanol–water partition coefficient (Wildman–Crippen LogP) is 2.39. The van der Waals surface area contributed by atoms with Gasteiger partial charge in [0.05, 0.1) is 6.04 Å². The molecule has 1 aromatic rings. The summed E-state index contributed by atoms with van der Waals surface area (Å²) in [5, 5.41) is 4.82. The molecule has 1 atom stereocenters. The van der Waals surface area contributed by atoms with Crippen LogP contribution in [0.1, 0.15) is 48.0 Å². The molecule has 21 heavy (non-hydrogen) atoms. The fourth-order valence-electron chi connectivity index (χ4n) is 1.55. The number of hydrogen-bond donors (Lipinski definition) is 2. The first-order valence-electron chi connectivity index (χ1n) is 6.88. The molecule has 1 aromatic heterocycles. The topological polar surface area (TPSA) is 83.0 Å². The van der Waals surface area contributed by atoms with Gasteiger partial charge in [0.1, 0.15) is 0 Å². The minimum atomic E-state index is -0.211. The van der Waals surface area contributed by atoms with Gasteiger partial charge in [-0.2, -0.15) is 15.0 Å². The van der Waals surface area contributed by atoms with Crippen LogP contribution in [0.3, 0.4) is 0 Å². The van der Waals surface area contributed by atoms with Crippen molar-refractivity contribution in [2.45, 2.75) is 59.5 Å². The molecule has 0 aliphatic rings. The molecule has 0 saturated heterocycles. The first kappa shape index (κ1) is 17.4. The summed E-state index contributed by atoms with van der Waals surface area (Å²) in [6.07, 6.45) is 0.811. The van der Waals surface area contributed by atoms with E-state index >= 15 is 0 Å². The van der Waals surface area contributed by atoms with Crippen molar-refractivity contribution in [3.63, 3.8) is 0 Å². The Kier molecular flexibility index (Phi) is 5.71. The Bertz CT molecular complexity index is 502. The summed E-state index contributed by atoms with van der Waals surface area (Å²) in [7, 11) is 0. The highest BCUT2D eigenvalue weighted by Crippen LogP contribution is 2.18. The lowest BCUT2D eigenvalue weighted by atomic mass is 10.1. The number of carbonyl (C=O) groups excluding carboxylic acids is 1. The van der Waals surface area contributed by atoms with Gasteiger partial charge in [0.25, 0.3) is 5.95 Å². The van der Waals surface area contributed by atoms with E-state index < -0.39 is 0 Å². The van der Waals surface area contributed by atoms with Crippen LogP contribution in [0.5, 0.6) is 0 Å². The predicted molar refractivity (Wildman–Crippen MR) is 84.3 cm³/mol. The number of halogens is 1. The lowest BCUT2D eigenvalue weighted by Crippen LogP contribution is -2.48. The van der Waals surface area contributed by atoms with E-state index in [9.17, 15) is 4.79 Å². The van der Waals surface area contributed by atoms with Crippen LogP contribution in [-0.4, -0.2) is 32.4 Å². The van der Waals surface area contributed by atoms with E-state index in [1.165, 1.54) is 6.92 Å². The van der Waals surface area contributed by atoms with Gasteiger partial charge in [0, 0.05) is 12.5 Å². The summed E-state index contributed by atoms with van der Waals surface area (Å²) in [4.78, 5) is 23.9. The number of carbonyl (C=O) groups is 1. The van der Waals surface area contributed by atoms with E-state index in [1.54, 1.807) is 5.01 Å². The van der Waals surface area contributed by atoms with E-state index in [0.717, 1.165) is 6.42 Å². The van der Waals surface area contributed by atoms with Gasteiger partial charge in [-0.3, -0.25) is 10.2 Å². The summed E-state index contributed by atoms with van der Waals surface area (Å²) >= 11 is 5.97. The fourth-order valence-corrected chi connectivity index (χ4v) is 1.70. The van der Waals surface area contributed by atoms with Gasteiger partial charge in [0.2, 0.25) is 17.1 Å². The van der Waals surface area contributed by atoms with Gasteiger partial charge in [-0.05, 0) is 45.7 Å². The molecular weight excluding hydrogens is 292 g/mol. The SMILES string of the molecule is CC[C@@H](C)N(NC(C)=O)c1nc(Cl)nc(NC(C)(C)C)n1. The number of aromatic nitrogens is 3. The quantitative estimate of drug-likeness (QED) is 0.812. The van der Waals surface area contributed by atoms with Crippen molar-refractivity contribution in [1.29, 1.82) is 0 Å². The van der Waals surface area contributed by atoms with Crippen LogP contribution < -0.4 is 15.8 Å². The number of hydrogen-bond acceptors (Lipinski definition) is 6. The second-order valence-electron chi connectivity index (χ2n) is 5.90. The third-order valence-electron chi connectivity index (χ3n) is 2.61. The van der Waals surface area contributed by atoms with Crippen molar-refractivity contribution in [3.05, 3.63) is 5.28 Å². The van der Waals surface area contributed by atoms with Crippen molar-refractivity contribution in [2.24, 2.45) is 0 Å². The maximum absolute atomic E-state index is 11.4. The van der Waals surface area contributed by atoms with Gasteiger partial charge in [-0.25, -0.2) is 5.01 Å². The van der Waals surface area contributed by atoms with Crippen molar-refractivity contribution < 1.29 is 4.79 Å². The van der Waals surface area contributed by atoms with Crippen LogP contribution in [0.4, 0.5) is 11.9 Å². The van der Waals surface area contributed by atoms with Crippen LogP contribution in [0.15, 0.2) is 0 Å².